The number of hydrogen-bond donors (Lipinski definition) is 1. The molecular weight excluding hydrogens is 403 g/mol. The van der Waals surface area contributed by atoms with Crippen molar-refractivity contribution in [1.82, 2.24) is 5.16 Å². The number of benzene rings is 2. The Morgan fingerprint density at radius 3 is 2.42 bits per heavy atom. The van der Waals surface area contributed by atoms with Crippen LogP contribution in [0.4, 0.5) is 10.2 Å². The molecule has 1 saturated heterocycles. The number of aromatic nitrogens is 1. The van der Waals surface area contributed by atoms with Gasteiger partial charge in [-0.05, 0) is 55.3 Å². The van der Waals surface area contributed by atoms with E-state index in [1.807, 2.05) is 0 Å². The number of aliphatic hydroxyl groups is 1. The molecule has 31 heavy (non-hydrogen) atoms. The fourth-order valence-electron chi connectivity index (χ4n) is 3.68. The van der Waals surface area contributed by atoms with Crippen molar-refractivity contribution in [1.29, 1.82) is 0 Å². The molecule has 2 heterocycles. The fraction of sp³-hybridized carbons (Fsp3) is 0.174. The van der Waals surface area contributed by atoms with Gasteiger partial charge in [0.2, 0.25) is 0 Å². The molecule has 3 aromatic rings. The molecule has 1 N–H and O–H groups in total. The molecule has 1 aliphatic rings. The second-order valence-corrected chi connectivity index (χ2v) is 7.20. The third-order valence-electron chi connectivity index (χ3n) is 5.16. The van der Waals surface area contributed by atoms with Crippen molar-refractivity contribution >= 4 is 23.3 Å². The van der Waals surface area contributed by atoms with Crippen molar-refractivity contribution in [3.63, 3.8) is 0 Å². The van der Waals surface area contributed by atoms with E-state index in [0.29, 0.717) is 22.6 Å². The van der Waals surface area contributed by atoms with Gasteiger partial charge >= 0.3 is 5.91 Å². The molecule has 7 nitrogen and oxygen atoms in total. The van der Waals surface area contributed by atoms with E-state index in [1.54, 1.807) is 32.0 Å². The maximum Gasteiger partial charge on any atom is 0.301 e. The Hall–Kier alpha value is -3.94. The lowest BCUT2D eigenvalue weighted by atomic mass is 9.94. The summed E-state index contributed by atoms with van der Waals surface area (Å²) in [5.41, 5.74) is 1.40. The van der Waals surface area contributed by atoms with Gasteiger partial charge in [0.1, 0.15) is 23.1 Å². The number of aliphatic hydroxyl groups excluding tert-OH is 1. The summed E-state index contributed by atoms with van der Waals surface area (Å²) in [6.45, 7) is 3.45. The van der Waals surface area contributed by atoms with Crippen molar-refractivity contribution in [2.24, 2.45) is 0 Å². The first-order chi connectivity index (χ1) is 14.8. The van der Waals surface area contributed by atoms with E-state index in [1.165, 1.54) is 37.4 Å². The summed E-state index contributed by atoms with van der Waals surface area (Å²) in [6.07, 6.45) is 0. The van der Waals surface area contributed by atoms with Crippen molar-refractivity contribution in [2.75, 3.05) is 12.0 Å². The molecule has 0 aliphatic carbocycles. The van der Waals surface area contributed by atoms with Gasteiger partial charge in [-0.1, -0.05) is 17.3 Å². The molecule has 8 heteroatoms. The van der Waals surface area contributed by atoms with Gasteiger partial charge in [0, 0.05) is 11.6 Å². The molecule has 1 unspecified atom stereocenters. The Morgan fingerprint density at radius 1 is 1.13 bits per heavy atom. The molecule has 1 atom stereocenters. The smallest absolute Gasteiger partial charge is 0.301 e. The summed E-state index contributed by atoms with van der Waals surface area (Å²) in [6, 6.07) is 10.8. The minimum Gasteiger partial charge on any atom is -0.507 e. The summed E-state index contributed by atoms with van der Waals surface area (Å²) >= 11 is 0. The average Bonchev–Trinajstić information content (AvgIpc) is 3.29. The zero-order valence-corrected chi connectivity index (χ0v) is 17.0. The number of amides is 1. The number of methoxy groups -OCH3 is 1. The van der Waals surface area contributed by atoms with Crippen LogP contribution in [0.3, 0.4) is 0 Å². The first kappa shape index (κ1) is 20.3. The Kier molecular flexibility index (Phi) is 5.06. The highest BCUT2D eigenvalue weighted by Crippen LogP contribution is 2.42. The van der Waals surface area contributed by atoms with Crippen molar-refractivity contribution < 1.29 is 28.3 Å². The van der Waals surface area contributed by atoms with Crippen LogP contribution in [0.25, 0.3) is 5.76 Å². The summed E-state index contributed by atoms with van der Waals surface area (Å²) in [5, 5.41) is 14.9. The highest BCUT2D eigenvalue weighted by molar-refractivity contribution is 6.51. The van der Waals surface area contributed by atoms with Gasteiger partial charge in [0.15, 0.2) is 5.82 Å². The van der Waals surface area contributed by atoms with Crippen molar-refractivity contribution in [2.45, 2.75) is 19.9 Å². The van der Waals surface area contributed by atoms with Crippen LogP contribution in [0.1, 0.15) is 28.5 Å². The number of carbonyl (C=O) groups excluding carboxylic acids is 2. The largest absolute Gasteiger partial charge is 0.507 e. The van der Waals surface area contributed by atoms with Crippen LogP contribution >= 0.6 is 0 Å². The normalized spacial score (nSPS) is 17.9. The lowest BCUT2D eigenvalue weighted by Crippen LogP contribution is -2.29. The van der Waals surface area contributed by atoms with Crippen LogP contribution in [0.15, 0.2) is 58.6 Å². The van der Waals surface area contributed by atoms with Crippen LogP contribution in [-0.2, 0) is 9.59 Å². The van der Waals surface area contributed by atoms with E-state index in [0.717, 1.165) is 10.5 Å². The standard InChI is InChI=1S/C23H19FN2O5/c1-12-10-15(6-9-17(12)30-3)21(27)19-20(14-4-7-16(24)8-5-14)26(23(29)22(19)28)18-11-13(2)31-25-18/h4-11,20,27H,1-3H3/b21-19+. The molecule has 1 aliphatic heterocycles. The van der Waals surface area contributed by atoms with E-state index in [9.17, 15) is 19.1 Å². The van der Waals surface area contributed by atoms with Gasteiger partial charge in [-0.3, -0.25) is 14.5 Å². The highest BCUT2D eigenvalue weighted by Gasteiger charge is 2.48. The molecule has 0 saturated carbocycles. The SMILES string of the molecule is COc1ccc(/C(O)=C2\C(=O)C(=O)N(c3cc(C)on3)C2c2ccc(F)cc2)cc1C. The Balaban J connectivity index is 1.93. The topological polar surface area (TPSA) is 92.9 Å². The minimum atomic E-state index is -1.01. The predicted molar refractivity (Wildman–Crippen MR) is 110 cm³/mol. The van der Waals surface area contributed by atoms with Gasteiger partial charge in [-0.15, -0.1) is 0 Å². The monoisotopic (exact) mass is 422 g/mol. The van der Waals surface area contributed by atoms with Crippen molar-refractivity contribution in [3.8, 4) is 5.75 Å². The molecule has 0 bridgehead atoms. The number of anilines is 1. The van der Waals surface area contributed by atoms with Gasteiger partial charge in [-0.2, -0.15) is 0 Å². The predicted octanol–water partition coefficient (Wildman–Crippen LogP) is 4.07. The van der Waals surface area contributed by atoms with E-state index in [4.69, 9.17) is 9.26 Å². The van der Waals surface area contributed by atoms with Crippen LogP contribution in [0.2, 0.25) is 0 Å². The summed E-state index contributed by atoms with van der Waals surface area (Å²) in [5.74, 6) is -1.37. The number of nitrogens with zero attached hydrogens (tertiary/aromatic N) is 2. The van der Waals surface area contributed by atoms with E-state index in [2.05, 4.69) is 5.16 Å². The fourth-order valence-corrected chi connectivity index (χ4v) is 3.68. The molecule has 2 aromatic carbocycles. The van der Waals surface area contributed by atoms with Crippen LogP contribution in [0.5, 0.6) is 5.75 Å². The van der Waals surface area contributed by atoms with E-state index >= 15 is 0 Å². The summed E-state index contributed by atoms with van der Waals surface area (Å²) in [7, 11) is 1.53. The van der Waals surface area contributed by atoms with Crippen LogP contribution in [-0.4, -0.2) is 29.1 Å². The second-order valence-electron chi connectivity index (χ2n) is 7.20. The number of ketones is 1. The number of aryl methyl sites for hydroxylation is 2. The molecule has 4 rings (SSSR count). The highest BCUT2D eigenvalue weighted by atomic mass is 19.1. The molecular formula is C23H19FN2O5. The zero-order valence-electron chi connectivity index (χ0n) is 17.0. The molecule has 0 spiro atoms. The Morgan fingerprint density at radius 2 is 1.84 bits per heavy atom. The molecule has 1 aromatic heterocycles. The number of ether oxygens (including phenoxy) is 1. The Labute approximate surface area is 177 Å². The van der Waals surface area contributed by atoms with E-state index in [-0.39, 0.29) is 17.2 Å². The average molecular weight is 422 g/mol. The zero-order chi connectivity index (χ0) is 22.3. The second kappa shape index (κ2) is 7.71. The quantitative estimate of drug-likeness (QED) is 0.387. The summed E-state index contributed by atoms with van der Waals surface area (Å²) < 4.78 is 23.9. The summed E-state index contributed by atoms with van der Waals surface area (Å²) in [4.78, 5) is 27.1. The Bertz CT molecular complexity index is 1210. The van der Waals surface area contributed by atoms with Gasteiger partial charge in [-0.25, -0.2) is 4.39 Å². The molecule has 158 valence electrons. The van der Waals surface area contributed by atoms with Gasteiger partial charge in [0.05, 0.1) is 18.7 Å². The van der Waals surface area contributed by atoms with Gasteiger partial charge in [0.25, 0.3) is 5.78 Å². The van der Waals surface area contributed by atoms with E-state index < -0.39 is 23.5 Å². The van der Waals surface area contributed by atoms with Gasteiger partial charge < -0.3 is 14.4 Å². The van der Waals surface area contributed by atoms with Crippen molar-refractivity contribution in [3.05, 3.63) is 82.4 Å². The first-order valence-corrected chi connectivity index (χ1v) is 9.46. The number of carbonyl (C=O) groups is 2. The van der Waals surface area contributed by atoms with Crippen LogP contribution in [0, 0.1) is 19.7 Å². The minimum absolute atomic E-state index is 0.123. The lowest BCUT2D eigenvalue weighted by Gasteiger charge is -2.22. The third-order valence-corrected chi connectivity index (χ3v) is 5.16. The number of Topliss-reactive ketones (excluding diaryl/α,β-unsaturated/α-hetero) is 1. The molecule has 0 radical (unpaired) electrons. The third kappa shape index (κ3) is 3.46. The van der Waals surface area contributed by atoms with Crippen LogP contribution < -0.4 is 9.64 Å². The maximum absolute atomic E-state index is 13.5. The lowest BCUT2D eigenvalue weighted by molar-refractivity contribution is -0.132. The number of rotatable bonds is 4. The number of halogens is 1. The molecule has 1 amide bonds. The number of hydrogen-bond acceptors (Lipinski definition) is 6. The maximum atomic E-state index is 13.5. The first-order valence-electron chi connectivity index (χ1n) is 9.46. The molecule has 1 fully saturated rings.